The van der Waals surface area contributed by atoms with Crippen molar-refractivity contribution < 1.29 is 4.74 Å². The van der Waals surface area contributed by atoms with E-state index >= 15 is 0 Å². The molecule has 28 heavy (non-hydrogen) atoms. The zero-order valence-corrected chi connectivity index (χ0v) is 17.4. The van der Waals surface area contributed by atoms with Gasteiger partial charge in [-0.15, -0.1) is 10.2 Å². The number of thioether (sulfide) groups is 1. The first-order chi connectivity index (χ1) is 13.5. The van der Waals surface area contributed by atoms with E-state index in [9.17, 15) is 5.26 Å². The number of nitriles is 1. The maximum Gasteiger partial charge on any atom is 0.193 e. The normalized spacial score (nSPS) is 12.0. The van der Waals surface area contributed by atoms with E-state index in [-0.39, 0.29) is 11.3 Å². The molecule has 5 nitrogen and oxygen atoms in total. The van der Waals surface area contributed by atoms with Gasteiger partial charge < -0.3 is 4.74 Å². The van der Waals surface area contributed by atoms with Gasteiger partial charge in [0.05, 0.1) is 13.2 Å². The first kappa shape index (κ1) is 20.0. The smallest absolute Gasteiger partial charge is 0.193 e. The summed E-state index contributed by atoms with van der Waals surface area (Å²) in [6.45, 7) is 6.26. The van der Waals surface area contributed by atoms with Crippen LogP contribution in [0.4, 0.5) is 0 Å². The number of benzene rings is 2. The van der Waals surface area contributed by atoms with Crippen molar-refractivity contribution in [3.05, 3.63) is 59.7 Å². The van der Waals surface area contributed by atoms with Gasteiger partial charge in [0.15, 0.2) is 11.0 Å². The van der Waals surface area contributed by atoms with Crippen LogP contribution in [0.5, 0.6) is 5.75 Å². The number of methoxy groups -OCH3 is 1. The first-order valence-electron chi connectivity index (χ1n) is 9.23. The second kappa shape index (κ2) is 8.94. The van der Waals surface area contributed by atoms with Gasteiger partial charge in [0.2, 0.25) is 0 Å². The van der Waals surface area contributed by atoms with Crippen molar-refractivity contribution >= 4 is 11.8 Å². The summed E-state index contributed by atoms with van der Waals surface area (Å²) in [7, 11) is 1.65. The Balaban J connectivity index is 1.85. The molecular weight excluding hydrogens is 368 g/mol. The number of rotatable bonds is 7. The summed E-state index contributed by atoms with van der Waals surface area (Å²) < 4.78 is 7.33. The van der Waals surface area contributed by atoms with Gasteiger partial charge in [-0.1, -0.05) is 41.6 Å². The number of hydrogen-bond acceptors (Lipinski definition) is 5. The Kier molecular flexibility index (Phi) is 6.37. The first-order valence-corrected chi connectivity index (χ1v) is 10.1. The second-order valence-electron chi connectivity index (χ2n) is 6.92. The number of hydrogen-bond donors (Lipinski definition) is 0. The largest absolute Gasteiger partial charge is 0.497 e. The van der Waals surface area contributed by atoms with Crippen LogP contribution in [0, 0.1) is 18.3 Å². The Bertz CT molecular complexity index is 956. The average Bonchev–Trinajstić information content (AvgIpc) is 3.13. The molecule has 0 aliphatic rings. The lowest BCUT2D eigenvalue weighted by Crippen LogP contribution is -2.09. The minimum Gasteiger partial charge on any atom is -0.497 e. The summed E-state index contributed by atoms with van der Waals surface area (Å²) in [5.41, 5.74) is 3.34. The zero-order valence-electron chi connectivity index (χ0n) is 16.6. The number of aryl methyl sites for hydroxylation is 1. The van der Waals surface area contributed by atoms with Gasteiger partial charge in [-0.3, -0.25) is 4.57 Å². The van der Waals surface area contributed by atoms with Gasteiger partial charge in [0.1, 0.15) is 11.0 Å². The van der Waals surface area contributed by atoms with Crippen LogP contribution in [-0.4, -0.2) is 27.1 Å². The molecule has 0 N–H and O–H groups in total. The van der Waals surface area contributed by atoms with Gasteiger partial charge in [-0.25, -0.2) is 0 Å². The quantitative estimate of drug-likeness (QED) is 0.525. The second-order valence-corrected chi connectivity index (χ2v) is 8.09. The van der Waals surface area contributed by atoms with E-state index in [0.29, 0.717) is 6.42 Å². The lowest BCUT2D eigenvalue weighted by molar-refractivity contribution is 0.415. The number of aromatic nitrogens is 3. The maximum atomic E-state index is 9.67. The van der Waals surface area contributed by atoms with Gasteiger partial charge in [-0.05, 0) is 57.0 Å². The van der Waals surface area contributed by atoms with E-state index in [0.717, 1.165) is 27.9 Å². The maximum absolute atomic E-state index is 9.67. The molecule has 0 aliphatic heterocycles. The molecule has 0 saturated carbocycles. The topological polar surface area (TPSA) is 63.7 Å². The van der Waals surface area contributed by atoms with E-state index in [1.54, 1.807) is 7.11 Å². The molecule has 1 aromatic heterocycles. The molecule has 0 aliphatic carbocycles. The molecule has 0 bridgehead atoms. The van der Waals surface area contributed by atoms with E-state index < -0.39 is 0 Å². The zero-order chi connectivity index (χ0) is 20.1. The molecule has 0 fully saturated rings. The standard InChI is InChI=1S/C22H24N4OS/c1-15(2)26-21(18-9-11-19(27-4)12-10-18)24-25-22(26)28-20(14-23)13-17-7-5-16(3)6-8-17/h5-12,15,20H,13H2,1-4H3/t20-/m0/s1. The monoisotopic (exact) mass is 392 g/mol. The number of ether oxygens (including phenoxy) is 1. The summed E-state index contributed by atoms with van der Waals surface area (Å²) in [5, 5.41) is 19.0. The minimum absolute atomic E-state index is 0.174. The molecule has 3 rings (SSSR count). The van der Waals surface area contributed by atoms with Gasteiger partial charge >= 0.3 is 0 Å². The Labute approximate surface area is 170 Å². The fourth-order valence-corrected chi connectivity index (χ4v) is 4.02. The van der Waals surface area contributed by atoms with Crippen molar-refractivity contribution in [2.75, 3.05) is 7.11 Å². The molecule has 6 heteroatoms. The molecule has 0 amide bonds. The molecule has 0 radical (unpaired) electrons. The van der Waals surface area contributed by atoms with Crippen LogP contribution < -0.4 is 4.74 Å². The summed E-state index contributed by atoms with van der Waals surface area (Å²) in [4.78, 5) is 0. The highest BCUT2D eigenvalue weighted by molar-refractivity contribution is 8.00. The van der Waals surface area contributed by atoms with E-state index in [1.165, 1.54) is 17.3 Å². The van der Waals surface area contributed by atoms with Crippen molar-refractivity contribution in [2.24, 2.45) is 0 Å². The third kappa shape index (κ3) is 4.55. The van der Waals surface area contributed by atoms with Crippen molar-refractivity contribution in [1.82, 2.24) is 14.8 Å². The highest BCUT2D eigenvalue weighted by Gasteiger charge is 2.21. The molecular formula is C22H24N4OS. The van der Waals surface area contributed by atoms with Crippen LogP contribution in [-0.2, 0) is 6.42 Å². The lowest BCUT2D eigenvalue weighted by atomic mass is 10.1. The van der Waals surface area contributed by atoms with Crippen molar-refractivity contribution in [3.63, 3.8) is 0 Å². The van der Waals surface area contributed by atoms with E-state index in [2.05, 4.69) is 65.9 Å². The minimum atomic E-state index is -0.229. The molecule has 1 atom stereocenters. The third-order valence-electron chi connectivity index (χ3n) is 4.46. The average molecular weight is 393 g/mol. The van der Waals surface area contributed by atoms with Crippen LogP contribution in [0.3, 0.4) is 0 Å². The fraction of sp³-hybridized carbons (Fsp3) is 0.318. The van der Waals surface area contributed by atoms with Crippen LogP contribution >= 0.6 is 11.8 Å². The van der Waals surface area contributed by atoms with Gasteiger partial charge in [-0.2, -0.15) is 5.26 Å². The fourth-order valence-electron chi connectivity index (χ4n) is 2.94. The lowest BCUT2D eigenvalue weighted by Gasteiger charge is -2.15. The molecule has 2 aromatic carbocycles. The van der Waals surface area contributed by atoms with Gasteiger partial charge in [0, 0.05) is 11.6 Å². The Morgan fingerprint density at radius 3 is 2.32 bits per heavy atom. The van der Waals surface area contributed by atoms with Crippen molar-refractivity contribution in [3.8, 4) is 23.2 Å². The molecule has 1 heterocycles. The van der Waals surface area contributed by atoms with Crippen LogP contribution in [0.1, 0.15) is 31.0 Å². The summed E-state index contributed by atoms with van der Waals surface area (Å²) in [6, 6.07) is 18.7. The summed E-state index contributed by atoms with van der Waals surface area (Å²) in [5.74, 6) is 1.60. The molecule has 0 spiro atoms. The van der Waals surface area contributed by atoms with E-state index in [1.807, 2.05) is 24.3 Å². The highest BCUT2D eigenvalue weighted by atomic mass is 32.2. The Morgan fingerprint density at radius 2 is 1.75 bits per heavy atom. The molecule has 0 saturated heterocycles. The highest BCUT2D eigenvalue weighted by Crippen LogP contribution is 2.31. The molecule has 0 unspecified atom stereocenters. The third-order valence-corrected chi connectivity index (χ3v) is 5.51. The van der Waals surface area contributed by atoms with Crippen LogP contribution in [0.25, 0.3) is 11.4 Å². The predicted molar refractivity (Wildman–Crippen MR) is 113 cm³/mol. The van der Waals surface area contributed by atoms with Crippen LogP contribution in [0.2, 0.25) is 0 Å². The Morgan fingerprint density at radius 1 is 1.07 bits per heavy atom. The predicted octanol–water partition coefficient (Wildman–Crippen LogP) is 5.07. The number of nitrogens with zero attached hydrogens (tertiary/aromatic N) is 4. The van der Waals surface area contributed by atoms with Gasteiger partial charge in [0.25, 0.3) is 0 Å². The molecule has 144 valence electrons. The summed E-state index contributed by atoms with van der Waals surface area (Å²) in [6.07, 6.45) is 0.671. The van der Waals surface area contributed by atoms with E-state index in [4.69, 9.17) is 4.74 Å². The molecule has 3 aromatic rings. The van der Waals surface area contributed by atoms with Crippen molar-refractivity contribution in [2.45, 2.75) is 43.6 Å². The van der Waals surface area contributed by atoms with Crippen LogP contribution in [0.15, 0.2) is 53.7 Å². The Hall–Kier alpha value is -2.78. The summed E-state index contributed by atoms with van der Waals surface area (Å²) >= 11 is 1.47. The van der Waals surface area contributed by atoms with Crippen molar-refractivity contribution in [1.29, 1.82) is 5.26 Å². The SMILES string of the molecule is COc1ccc(-c2nnc(S[C@H](C#N)Cc3ccc(C)cc3)n2C(C)C)cc1.